The number of hydrogen-bond donors (Lipinski definition) is 1. The first kappa shape index (κ1) is 17.6. The predicted octanol–water partition coefficient (Wildman–Crippen LogP) is 2.87. The summed E-state index contributed by atoms with van der Waals surface area (Å²) in [6.45, 7) is 1.57. The van der Waals surface area contributed by atoms with Crippen molar-refractivity contribution in [1.29, 1.82) is 0 Å². The first-order chi connectivity index (χ1) is 12.1. The first-order valence-electron chi connectivity index (χ1n) is 8.83. The molecule has 4 heteroatoms. The number of aliphatic hydroxyl groups is 1. The van der Waals surface area contributed by atoms with E-state index in [0.29, 0.717) is 18.2 Å². The lowest BCUT2D eigenvalue weighted by Crippen LogP contribution is -2.30. The fraction of sp³-hybridized carbons (Fsp3) is 0.381. The molecule has 132 valence electrons. The molecule has 0 spiro atoms. The third-order valence-electron chi connectivity index (χ3n) is 4.92. The highest BCUT2D eigenvalue weighted by molar-refractivity contribution is 5.93. The van der Waals surface area contributed by atoms with Crippen molar-refractivity contribution in [3.05, 3.63) is 70.8 Å². The van der Waals surface area contributed by atoms with Gasteiger partial charge in [0, 0.05) is 38.8 Å². The summed E-state index contributed by atoms with van der Waals surface area (Å²) in [5.74, 6) is 0.0171. The summed E-state index contributed by atoms with van der Waals surface area (Å²) in [6, 6.07) is 16.8. The van der Waals surface area contributed by atoms with Crippen LogP contribution in [0.5, 0.6) is 0 Å². The Morgan fingerprint density at radius 3 is 2.52 bits per heavy atom. The van der Waals surface area contributed by atoms with Gasteiger partial charge in [0.1, 0.15) is 0 Å². The number of aryl methyl sites for hydroxylation is 1. The van der Waals surface area contributed by atoms with Gasteiger partial charge in [-0.15, -0.1) is 0 Å². The molecule has 2 aromatic carbocycles. The fourth-order valence-corrected chi connectivity index (χ4v) is 3.63. The Labute approximate surface area is 149 Å². The molecule has 1 aliphatic carbocycles. The van der Waals surface area contributed by atoms with Gasteiger partial charge in [0.05, 0.1) is 6.61 Å². The van der Waals surface area contributed by atoms with Crippen LogP contribution in [-0.4, -0.2) is 48.1 Å². The largest absolute Gasteiger partial charge is 0.395 e. The molecule has 1 unspecified atom stereocenters. The Balaban J connectivity index is 1.76. The highest BCUT2D eigenvalue weighted by atomic mass is 16.3. The van der Waals surface area contributed by atoms with Gasteiger partial charge < -0.3 is 10.0 Å². The van der Waals surface area contributed by atoms with E-state index in [1.165, 1.54) is 11.1 Å². The molecular weight excluding hydrogens is 312 g/mol. The predicted molar refractivity (Wildman–Crippen MR) is 99.5 cm³/mol. The molecule has 0 heterocycles. The lowest BCUT2D eigenvalue weighted by Gasteiger charge is -2.29. The van der Waals surface area contributed by atoms with Crippen molar-refractivity contribution >= 4 is 5.91 Å². The summed E-state index contributed by atoms with van der Waals surface area (Å²) in [4.78, 5) is 15.9. The topological polar surface area (TPSA) is 43.8 Å². The Hall–Kier alpha value is -2.17. The minimum atomic E-state index is 0.0171. The number of benzene rings is 2. The second-order valence-electron chi connectivity index (χ2n) is 6.84. The first-order valence-corrected chi connectivity index (χ1v) is 8.83. The van der Waals surface area contributed by atoms with Crippen LogP contribution in [-0.2, 0) is 13.0 Å². The molecule has 0 bridgehead atoms. The zero-order chi connectivity index (χ0) is 17.8. The van der Waals surface area contributed by atoms with Crippen molar-refractivity contribution in [3.63, 3.8) is 0 Å². The molecule has 0 saturated heterocycles. The average Bonchev–Trinajstić information content (AvgIpc) is 3.05. The molecule has 4 nitrogen and oxygen atoms in total. The molecule has 0 fully saturated rings. The Bertz CT molecular complexity index is 725. The molecule has 1 amide bonds. The summed E-state index contributed by atoms with van der Waals surface area (Å²) in [5, 5.41) is 9.51. The number of fused-ring (bicyclic) bond motifs is 1. The minimum absolute atomic E-state index is 0.0171. The van der Waals surface area contributed by atoms with E-state index in [1.807, 2.05) is 24.3 Å². The van der Waals surface area contributed by atoms with Crippen LogP contribution in [0.3, 0.4) is 0 Å². The van der Waals surface area contributed by atoms with Crippen molar-refractivity contribution in [1.82, 2.24) is 9.80 Å². The monoisotopic (exact) mass is 338 g/mol. The van der Waals surface area contributed by atoms with E-state index in [0.717, 1.165) is 24.9 Å². The lowest BCUT2D eigenvalue weighted by molar-refractivity contribution is 0.0827. The van der Waals surface area contributed by atoms with Crippen LogP contribution in [0, 0.1) is 0 Å². The Kier molecular flexibility index (Phi) is 5.51. The molecular formula is C21H26N2O2. The maximum Gasteiger partial charge on any atom is 0.253 e. The number of hydrogen-bond acceptors (Lipinski definition) is 3. The van der Waals surface area contributed by atoms with Gasteiger partial charge in [-0.3, -0.25) is 9.69 Å². The van der Waals surface area contributed by atoms with Crippen LogP contribution in [0.2, 0.25) is 0 Å². The molecule has 3 rings (SSSR count). The van der Waals surface area contributed by atoms with Gasteiger partial charge in [0.15, 0.2) is 0 Å². The normalized spacial score (nSPS) is 16.1. The molecule has 25 heavy (non-hydrogen) atoms. The molecule has 0 saturated carbocycles. The van der Waals surface area contributed by atoms with Gasteiger partial charge in [0.2, 0.25) is 0 Å². The number of aliphatic hydroxyl groups excluding tert-OH is 1. The van der Waals surface area contributed by atoms with Crippen LogP contribution >= 0.6 is 0 Å². The van der Waals surface area contributed by atoms with E-state index < -0.39 is 0 Å². The number of carbonyl (C=O) groups excluding carboxylic acids is 1. The van der Waals surface area contributed by atoms with Crippen molar-refractivity contribution in [2.45, 2.75) is 25.4 Å². The van der Waals surface area contributed by atoms with E-state index in [2.05, 4.69) is 29.2 Å². The van der Waals surface area contributed by atoms with Crippen molar-refractivity contribution in [2.75, 3.05) is 27.2 Å². The van der Waals surface area contributed by atoms with Crippen LogP contribution in [0.25, 0.3) is 0 Å². The third-order valence-corrected chi connectivity index (χ3v) is 4.92. The summed E-state index contributed by atoms with van der Waals surface area (Å²) in [7, 11) is 3.52. The van der Waals surface area contributed by atoms with Gasteiger partial charge >= 0.3 is 0 Å². The van der Waals surface area contributed by atoms with E-state index in [4.69, 9.17) is 0 Å². The van der Waals surface area contributed by atoms with Gasteiger partial charge in [-0.1, -0.05) is 36.4 Å². The highest BCUT2D eigenvalue weighted by Gasteiger charge is 2.27. The minimum Gasteiger partial charge on any atom is -0.395 e. The van der Waals surface area contributed by atoms with Crippen molar-refractivity contribution in [2.24, 2.45) is 0 Å². The third kappa shape index (κ3) is 3.91. The molecule has 2 aromatic rings. The second-order valence-corrected chi connectivity index (χ2v) is 6.84. The molecule has 1 aliphatic rings. The molecule has 1 N–H and O–H groups in total. The van der Waals surface area contributed by atoms with Gasteiger partial charge in [0.25, 0.3) is 5.91 Å². The summed E-state index contributed by atoms with van der Waals surface area (Å²) >= 11 is 0. The quantitative estimate of drug-likeness (QED) is 0.881. The molecule has 0 aliphatic heterocycles. The zero-order valence-corrected chi connectivity index (χ0v) is 15.0. The Morgan fingerprint density at radius 2 is 1.84 bits per heavy atom. The fourth-order valence-electron chi connectivity index (χ4n) is 3.63. The standard InChI is InChI=1S/C21H26N2O2/c1-22(2)21(25)18-9-7-16(8-10-18)15-23(13-14-24)20-12-11-17-5-3-4-6-19(17)20/h3-10,20,24H,11-15H2,1-2H3. The molecule has 0 aromatic heterocycles. The van der Waals surface area contributed by atoms with E-state index in [-0.39, 0.29) is 12.5 Å². The number of nitrogens with zero attached hydrogens (tertiary/aromatic N) is 2. The van der Waals surface area contributed by atoms with Gasteiger partial charge in [-0.25, -0.2) is 0 Å². The lowest BCUT2D eigenvalue weighted by atomic mass is 10.1. The highest BCUT2D eigenvalue weighted by Crippen LogP contribution is 2.36. The van der Waals surface area contributed by atoms with E-state index in [1.54, 1.807) is 19.0 Å². The van der Waals surface area contributed by atoms with Crippen LogP contribution < -0.4 is 0 Å². The van der Waals surface area contributed by atoms with Crippen LogP contribution in [0.15, 0.2) is 48.5 Å². The number of carbonyl (C=O) groups is 1. The smallest absolute Gasteiger partial charge is 0.253 e. The maximum atomic E-state index is 12.0. The summed E-state index contributed by atoms with van der Waals surface area (Å²) in [5.41, 5.74) is 4.67. The summed E-state index contributed by atoms with van der Waals surface area (Å²) in [6.07, 6.45) is 2.19. The molecule has 1 atom stereocenters. The van der Waals surface area contributed by atoms with E-state index >= 15 is 0 Å². The van der Waals surface area contributed by atoms with E-state index in [9.17, 15) is 9.90 Å². The average molecular weight is 338 g/mol. The summed E-state index contributed by atoms with van der Waals surface area (Å²) < 4.78 is 0. The molecule has 0 radical (unpaired) electrons. The van der Waals surface area contributed by atoms with Crippen molar-refractivity contribution in [3.8, 4) is 0 Å². The maximum absolute atomic E-state index is 12.0. The van der Waals surface area contributed by atoms with Crippen LogP contribution in [0.4, 0.5) is 0 Å². The second kappa shape index (κ2) is 7.81. The van der Waals surface area contributed by atoms with Crippen LogP contribution in [0.1, 0.15) is 39.5 Å². The Morgan fingerprint density at radius 1 is 1.12 bits per heavy atom. The van der Waals surface area contributed by atoms with Gasteiger partial charge in [-0.05, 0) is 41.7 Å². The van der Waals surface area contributed by atoms with Crippen molar-refractivity contribution < 1.29 is 9.90 Å². The van der Waals surface area contributed by atoms with Gasteiger partial charge in [-0.2, -0.15) is 0 Å². The zero-order valence-electron chi connectivity index (χ0n) is 15.0. The number of amides is 1. The SMILES string of the molecule is CN(C)C(=O)c1ccc(CN(CCO)C2CCc3ccccc32)cc1. The number of rotatable bonds is 6.